The number of carbonyl (C=O) groups is 2. The summed E-state index contributed by atoms with van der Waals surface area (Å²) in [5, 5.41) is 0. The van der Waals surface area contributed by atoms with E-state index >= 15 is 0 Å². The van der Waals surface area contributed by atoms with E-state index in [0.29, 0.717) is 6.42 Å². The van der Waals surface area contributed by atoms with Crippen LogP contribution in [0.4, 0.5) is 0 Å². The third-order valence-electron chi connectivity index (χ3n) is 10.6. The Morgan fingerprint density at radius 3 is 1.32 bits per heavy atom. The van der Waals surface area contributed by atoms with E-state index in [1.807, 2.05) is 0 Å². The highest BCUT2D eigenvalue weighted by Crippen LogP contribution is 2.43. The minimum absolute atomic E-state index is 0.0506. The second-order valence-electron chi connectivity index (χ2n) is 16.7. The summed E-state index contributed by atoms with van der Waals surface area (Å²) >= 11 is 0. The molecular formula is C53H94NO8P. The molecule has 0 amide bonds. The molecule has 0 aliphatic carbocycles. The molecule has 0 rings (SSSR count). The van der Waals surface area contributed by atoms with Crippen LogP contribution in [0.2, 0.25) is 0 Å². The Balaban J connectivity index is 3.92. The molecule has 0 fully saturated rings. The number of esters is 2. The van der Waals surface area contributed by atoms with Gasteiger partial charge < -0.3 is 20.1 Å². The molecule has 0 radical (unpaired) electrons. The molecule has 0 bridgehead atoms. The molecule has 2 atom stereocenters. The number of hydrogen-bond donors (Lipinski definition) is 2. The number of phosphoric ester groups is 1. The standard InChI is InChI=1S/C53H94NO8P/c1-3-5-7-9-11-13-15-16-17-18-19-20-21-22-23-24-25-26-27-28-29-30-31-32-33-34-36-38-40-42-44-46-53(56)62-51(50-61-63(57,58)60-48-47-54)49-59-52(55)45-43-41-39-37-35-14-12-10-8-6-4-2/h5,7,10-13,16-17,19-20,22-23,51H,3-4,6,8-9,14-15,18,21,24-50,54H2,1-2H3,(H,57,58)/b7-5-,12-10-,13-11-,17-16-,20-19-,23-22-. The van der Waals surface area contributed by atoms with Crippen LogP contribution in [0.25, 0.3) is 0 Å². The van der Waals surface area contributed by atoms with Crippen molar-refractivity contribution >= 4 is 19.8 Å². The van der Waals surface area contributed by atoms with Gasteiger partial charge in [-0.1, -0.05) is 202 Å². The van der Waals surface area contributed by atoms with Crippen molar-refractivity contribution in [3.05, 3.63) is 72.9 Å². The number of unbranched alkanes of at least 4 members (excludes halogenated alkanes) is 22. The molecule has 0 spiro atoms. The first-order chi connectivity index (χ1) is 30.8. The van der Waals surface area contributed by atoms with E-state index in [0.717, 1.165) is 96.3 Å². The highest BCUT2D eigenvalue weighted by Gasteiger charge is 2.26. The van der Waals surface area contributed by atoms with Gasteiger partial charge in [0.2, 0.25) is 0 Å². The summed E-state index contributed by atoms with van der Waals surface area (Å²) in [6, 6.07) is 0. The smallest absolute Gasteiger partial charge is 0.462 e. The van der Waals surface area contributed by atoms with Gasteiger partial charge in [-0.3, -0.25) is 18.6 Å². The Bertz CT molecular complexity index is 1260. The summed E-state index contributed by atoms with van der Waals surface area (Å²) in [7, 11) is -4.38. The normalized spacial score (nSPS) is 13.8. The molecule has 63 heavy (non-hydrogen) atoms. The molecule has 0 aliphatic rings. The molecule has 364 valence electrons. The van der Waals surface area contributed by atoms with Gasteiger partial charge in [-0.25, -0.2) is 4.57 Å². The van der Waals surface area contributed by atoms with Crippen LogP contribution in [0.1, 0.15) is 219 Å². The Kier molecular flexibility index (Phi) is 46.9. The molecule has 9 nitrogen and oxygen atoms in total. The van der Waals surface area contributed by atoms with Crippen molar-refractivity contribution in [1.29, 1.82) is 0 Å². The topological polar surface area (TPSA) is 134 Å². The summed E-state index contributed by atoms with van der Waals surface area (Å²) in [5.41, 5.74) is 5.36. The van der Waals surface area contributed by atoms with Gasteiger partial charge in [-0.15, -0.1) is 0 Å². The number of ether oxygens (including phenoxy) is 2. The molecule has 2 unspecified atom stereocenters. The van der Waals surface area contributed by atoms with E-state index in [1.54, 1.807) is 0 Å². The number of carbonyl (C=O) groups excluding carboxylic acids is 2. The summed E-state index contributed by atoms with van der Waals surface area (Å²) in [6.45, 7) is 3.57. The van der Waals surface area contributed by atoms with Crippen molar-refractivity contribution in [1.82, 2.24) is 0 Å². The highest BCUT2D eigenvalue weighted by atomic mass is 31.2. The molecule has 0 aromatic heterocycles. The number of allylic oxidation sites excluding steroid dienone is 12. The van der Waals surface area contributed by atoms with E-state index in [1.165, 1.54) is 89.9 Å². The van der Waals surface area contributed by atoms with Crippen LogP contribution in [-0.2, 0) is 32.7 Å². The van der Waals surface area contributed by atoms with Crippen LogP contribution in [0.15, 0.2) is 72.9 Å². The summed E-state index contributed by atoms with van der Waals surface area (Å²) in [5.74, 6) is -0.840. The first kappa shape index (κ1) is 60.5. The quantitative estimate of drug-likeness (QED) is 0.0265. The van der Waals surface area contributed by atoms with E-state index in [4.69, 9.17) is 24.3 Å². The molecular weight excluding hydrogens is 810 g/mol. The Morgan fingerprint density at radius 1 is 0.492 bits per heavy atom. The van der Waals surface area contributed by atoms with Crippen molar-refractivity contribution in [2.24, 2.45) is 5.73 Å². The number of phosphoric acid groups is 1. The zero-order valence-corrected chi connectivity index (χ0v) is 41.2. The van der Waals surface area contributed by atoms with Crippen LogP contribution >= 0.6 is 7.82 Å². The van der Waals surface area contributed by atoms with Gasteiger partial charge in [0.1, 0.15) is 6.61 Å². The average molecular weight is 904 g/mol. The van der Waals surface area contributed by atoms with Gasteiger partial charge in [0.25, 0.3) is 0 Å². The van der Waals surface area contributed by atoms with Crippen LogP contribution in [-0.4, -0.2) is 49.3 Å². The Labute approximate surface area is 386 Å². The molecule has 0 saturated carbocycles. The van der Waals surface area contributed by atoms with Gasteiger partial charge >= 0.3 is 19.8 Å². The maximum atomic E-state index is 12.6. The van der Waals surface area contributed by atoms with Crippen molar-refractivity contribution < 1.29 is 37.6 Å². The lowest BCUT2D eigenvalue weighted by molar-refractivity contribution is -0.161. The average Bonchev–Trinajstić information content (AvgIpc) is 3.27. The summed E-state index contributed by atoms with van der Waals surface area (Å²) in [4.78, 5) is 34.9. The van der Waals surface area contributed by atoms with Crippen LogP contribution < -0.4 is 5.73 Å². The van der Waals surface area contributed by atoms with Crippen LogP contribution in [0.3, 0.4) is 0 Å². The molecule has 3 N–H and O–H groups in total. The zero-order chi connectivity index (χ0) is 46.0. The Hall–Kier alpha value is -2.55. The first-order valence-corrected chi connectivity index (χ1v) is 26.9. The van der Waals surface area contributed by atoms with Crippen molar-refractivity contribution in [3.8, 4) is 0 Å². The van der Waals surface area contributed by atoms with Crippen molar-refractivity contribution in [2.75, 3.05) is 26.4 Å². The van der Waals surface area contributed by atoms with E-state index in [-0.39, 0.29) is 32.6 Å². The molecule has 10 heteroatoms. The fourth-order valence-corrected chi connectivity index (χ4v) is 7.58. The highest BCUT2D eigenvalue weighted by molar-refractivity contribution is 7.47. The molecule has 0 aliphatic heterocycles. The van der Waals surface area contributed by atoms with Gasteiger partial charge in [0, 0.05) is 19.4 Å². The van der Waals surface area contributed by atoms with Crippen molar-refractivity contribution in [2.45, 2.75) is 225 Å². The summed E-state index contributed by atoms with van der Waals surface area (Å²) in [6.07, 6.45) is 61.0. The van der Waals surface area contributed by atoms with Gasteiger partial charge in [0.15, 0.2) is 6.10 Å². The predicted octanol–water partition coefficient (Wildman–Crippen LogP) is 15.4. The minimum Gasteiger partial charge on any atom is -0.462 e. The third kappa shape index (κ3) is 48.7. The largest absolute Gasteiger partial charge is 0.472 e. The van der Waals surface area contributed by atoms with Gasteiger partial charge in [-0.2, -0.15) is 0 Å². The lowest BCUT2D eigenvalue weighted by Crippen LogP contribution is -2.29. The fourth-order valence-electron chi connectivity index (χ4n) is 6.82. The Morgan fingerprint density at radius 2 is 0.873 bits per heavy atom. The minimum atomic E-state index is -4.38. The lowest BCUT2D eigenvalue weighted by Gasteiger charge is -2.19. The molecule has 0 heterocycles. The molecule has 0 aromatic rings. The van der Waals surface area contributed by atoms with E-state index in [2.05, 4.69) is 86.8 Å². The predicted molar refractivity (Wildman–Crippen MR) is 266 cm³/mol. The van der Waals surface area contributed by atoms with Gasteiger partial charge in [-0.05, 0) is 77.0 Å². The molecule has 0 aromatic carbocycles. The summed E-state index contributed by atoms with van der Waals surface area (Å²) < 4.78 is 32.8. The third-order valence-corrected chi connectivity index (χ3v) is 11.6. The zero-order valence-electron chi connectivity index (χ0n) is 40.3. The molecule has 0 saturated heterocycles. The van der Waals surface area contributed by atoms with E-state index < -0.39 is 32.5 Å². The second-order valence-corrected chi connectivity index (χ2v) is 18.1. The first-order valence-electron chi connectivity index (χ1n) is 25.4. The van der Waals surface area contributed by atoms with E-state index in [9.17, 15) is 19.0 Å². The number of rotatable bonds is 47. The monoisotopic (exact) mass is 904 g/mol. The fraction of sp³-hybridized carbons (Fsp3) is 0.736. The van der Waals surface area contributed by atoms with Crippen LogP contribution in [0.5, 0.6) is 0 Å². The lowest BCUT2D eigenvalue weighted by atomic mass is 10.0. The van der Waals surface area contributed by atoms with Crippen molar-refractivity contribution in [3.63, 3.8) is 0 Å². The number of nitrogens with two attached hydrogens (primary N) is 1. The van der Waals surface area contributed by atoms with Crippen LogP contribution in [0, 0.1) is 0 Å². The number of hydrogen-bond acceptors (Lipinski definition) is 8. The maximum absolute atomic E-state index is 12.6. The second kappa shape index (κ2) is 48.9. The van der Waals surface area contributed by atoms with Gasteiger partial charge in [0.05, 0.1) is 13.2 Å². The SMILES string of the molecule is CC/C=C\C/C=C\C/C=C\C/C=C\C/C=C\CCCCCCCCCCCCCCCCCC(=O)OC(COC(=O)CCCCCCC/C=C\CCCC)COP(=O)(O)OCCN. The maximum Gasteiger partial charge on any atom is 0.472 e.